The lowest BCUT2D eigenvalue weighted by Crippen LogP contribution is -2.35. The van der Waals surface area contributed by atoms with Crippen LogP contribution in [-0.4, -0.2) is 54.8 Å². The smallest absolute Gasteiger partial charge is 0.170 e. The van der Waals surface area contributed by atoms with E-state index in [0.717, 1.165) is 44.2 Å². The van der Waals surface area contributed by atoms with Crippen molar-refractivity contribution in [2.75, 3.05) is 25.0 Å². The highest BCUT2D eigenvalue weighted by Gasteiger charge is 2.24. The van der Waals surface area contributed by atoms with Gasteiger partial charge in [0.05, 0.1) is 24.6 Å². The Kier molecular flexibility index (Phi) is 6.31. The van der Waals surface area contributed by atoms with E-state index >= 15 is 0 Å². The maximum atomic E-state index is 14.2. The van der Waals surface area contributed by atoms with E-state index in [0.29, 0.717) is 18.1 Å². The fourth-order valence-electron chi connectivity index (χ4n) is 4.45. The quantitative estimate of drug-likeness (QED) is 0.416. The molecule has 1 aliphatic rings. The Morgan fingerprint density at radius 1 is 1.06 bits per heavy atom. The fraction of sp³-hybridized carbons (Fsp3) is 0.333. The van der Waals surface area contributed by atoms with Crippen molar-refractivity contribution in [1.29, 1.82) is 0 Å². The van der Waals surface area contributed by atoms with Crippen molar-refractivity contribution < 1.29 is 8.78 Å². The van der Waals surface area contributed by atoms with Crippen LogP contribution in [0.5, 0.6) is 0 Å². The number of likely N-dealkylation sites (tertiary alicyclic amines) is 1. The van der Waals surface area contributed by atoms with Crippen LogP contribution in [0.15, 0.2) is 61.2 Å². The molecule has 3 heterocycles. The molecule has 5 rings (SSSR count). The van der Waals surface area contributed by atoms with Crippen molar-refractivity contribution in [3.05, 3.63) is 84.2 Å². The number of hydrogen-bond acceptors (Lipinski definition) is 6. The molecule has 0 radical (unpaired) electrons. The van der Waals surface area contributed by atoms with E-state index in [2.05, 4.69) is 49.7 Å². The summed E-state index contributed by atoms with van der Waals surface area (Å²) in [4.78, 5) is 8.22. The van der Waals surface area contributed by atoms with Crippen molar-refractivity contribution in [3.63, 3.8) is 0 Å². The van der Waals surface area contributed by atoms with Crippen LogP contribution < -0.4 is 4.90 Å². The first-order valence-corrected chi connectivity index (χ1v) is 11.3. The zero-order valence-corrected chi connectivity index (χ0v) is 18.9. The number of halogens is 2. The largest absolute Gasteiger partial charge is 0.365 e. The minimum Gasteiger partial charge on any atom is -0.365 e. The Morgan fingerprint density at radius 3 is 2.56 bits per heavy atom. The molecule has 0 spiro atoms. The minimum atomic E-state index is -0.604. The summed E-state index contributed by atoms with van der Waals surface area (Å²) in [5.74, 6) is -0.534. The van der Waals surface area contributed by atoms with E-state index < -0.39 is 11.6 Å². The van der Waals surface area contributed by atoms with Gasteiger partial charge in [-0.2, -0.15) is 0 Å². The Balaban J connectivity index is 1.17. The van der Waals surface area contributed by atoms with Crippen LogP contribution in [0.1, 0.15) is 30.3 Å². The van der Waals surface area contributed by atoms with Gasteiger partial charge < -0.3 is 9.47 Å². The molecule has 4 aromatic rings. The lowest BCUT2D eigenvalue weighted by Gasteiger charge is -2.32. The molecule has 1 fully saturated rings. The fourth-order valence-corrected chi connectivity index (χ4v) is 4.45. The third-order valence-corrected chi connectivity index (χ3v) is 6.31. The van der Waals surface area contributed by atoms with Crippen molar-refractivity contribution in [2.24, 2.45) is 0 Å². The molecular formula is C24H26F2N8. The maximum absolute atomic E-state index is 14.2. The average molecular weight is 465 g/mol. The van der Waals surface area contributed by atoms with Crippen LogP contribution in [0, 0.1) is 11.6 Å². The van der Waals surface area contributed by atoms with Gasteiger partial charge in [0.15, 0.2) is 5.82 Å². The number of anilines is 1. The van der Waals surface area contributed by atoms with Gasteiger partial charge in [-0.1, -0.05) is 12.1 Å². The maximum Gasteiger partial charge on any atom is 0.170 e. The van der Waals surface area contributed by atoms with E-state index in [4.69, 9.17) is 0 Å². The Hall–Kier alpha value is -3.66. The number of piperidine rings is 1. The summed E-state index contributed by atoms with van der Waals surface area (Å²) in [6.07, 6.45) is 7.36. The number of rotatable bonds is 7. The first-order chi connectivity index (χ1) is 16.6. The summed E-state index contributed by atoms with van der Waals surface area (Å²) in [7, 11) is 1.75. The molecule has 0 amide bonds. The summed E-state index contributed by atoms with van der Waals surface area (Å²) in [5, 5.41) is 12.2. The van der Waals surface area contributed by atoms with Gasteiger partial charge in [0.25, 0.3) is 0 Å². The monoisotopic (exact) mass is 464 g/mol. The molecule has 0 N–H and O–H groups in total. The lowest BCUT2D eigenvalue weighted by molar-refractivity contribution is 0.170. The average Bonchev–Trinajstić information content (AvgIpc) is 3.53. The number of hydrogen-bond donors (Lipinski definition) is 0. The highest BCUT2D eigenvalue weighted by Crippen LogP contribution is 2.25. The summed E-state index contributed by atoms with van der Waals surface area (Å²) in [5.41, 5.74) is 2.68. The second kappa shape index (κ2) is 9.68. The first-order valence-electron chi connectivity index (χ1n) is 11.3. The second-order valence-electron chi connectivity index (χ2n) is 8.64. The Bertz CT molecular complexity index is 1210. The SMILES string of the molecule is CN(Cc1nnnn1C1CCN(Cc2ccc(-n3ccnc3)cc2)CC1)c1ccc(F)cc1F. The molecule has 1 aliphatic heterocycles. The van der Waals surface area contributed by atoms with Gasteiger partial charge >= 0.3 is 0 Å². The molecule has 0 atom stereocenters. The van der Waals surface area contributed by atoms with E-state index in [-0.39, 0.29) is 6.04 Å². The number of nitrogens with zero attached hydrogens (tertiary/aromatic N) is 8. The Morgan fingerprint density at radius 2 is 1.85 bits per heavy atom. The van der Waals surface area contributed by atoms with E-state index in [1.165, 1.54) is 17.7 Å². The molecule has 8 nitrogen and oxygen atoms in total. The van der Waals surface area contributed by atoms with Gasteiger partial charge in [-0.05, 0) is 53.1 Å². The number of imidazole rings is 1. The number of tetrazole rings is 1. The summed E-state index contributed by atoms with van der Waals surface area (Å²) in [6, 6.07) is 12.3. The summed E-state index contributed by atoms with van der Waals surface area (Å²) >= 11 is 0. The predicted octanol–water partition coefficient (Wildman–Crippen LogP) is 3.61. The van der Waals surface area contributed by atoms with Crippen molar-refractivity contribution >= 4 is 5.69 Å². The zero-order valence-electron chi connectivity index (χ0n) is 18.9. The predicted molar refractivity (Wildman–Crippen MR) is 123 cm³/mol. The van der Waals surface area contributed by atoms with Crippen LogP contribution in [0.2, 0.25) is 0 Å². The van der Waals surface area contributed by atoms with Crippen LogP contribution >= 0.6 is 0 Å². The molecule has 0 bridgehead atoms. The molecule has 2 aromatic carbocycles. The highest BCUT2D eigenvalue weighted by atomic mass is 19.1. The van der Waals surface area contributed by atoms with Crippen LogP contribution in [-0.2, 0) is 13.1 Å². The van der Waals surface area contributed by atoms with Gasteiger partial charge in [-0.25, -0.2) is 18.4 Å². The summed E-state index contributed by atoms with van der Waals surface area (Å²) in [6.45, 7) is 3.11. The van der Waals surface area contributed by atoms with Gasteiger partial charge in [-0.3, -0.25) is 4.90 Å². The van der Waals surface area contributed by atoms with Crippen LogP contribution in [0.3, 0.4) is 0 Å². The number of benzene rings is 2. The topological polar surface area (TPSA) is 67.9 Å². The Labute approximate surface area is 196 Å². The second-order valence-corrected chi connectivity index (χ2v) is 8.64. The molecule has 0 saturated carbocycles. The first kappa shape index (κ1) is 22.1. The van der Waals surface area contributed by atoms with Gasteiger partial charge in [0.1, 0.15) is 11.6 Å². The highest BCUT2D eigenvalue weighted by molar-refractivity contribution is 5.47. The molecule has 176 valence electrons. The third-order valence-electron chi connectivity index (χ3n) is 6.31. The molecule has 0 aliphatic carbocycles. The standard InChI is InChI=1S/C24H26F2N8/c1-31(23-7-4-19(25)14-22(23)26)16-24-28-29-30-34(24)21-8-11-32(12-9-21)15-18-2-5-20(6-3-18)33-13-10-27-17-33/h2-7,10,13-14,17,21H,8-9,11-12,15-16H2,1H3. The normalized spacial score (nSPS) is 15.0. The molecule has 2 aromatic heterocycles. The van der Waals surface area contributed by atoms with Crippen LogP contribution in [0.25, 0.3) is 5.69 Å². The van der Waals surface area contributed by atoms with Crippen molar-refractivity contribution in [1.82, 2.24) is 34.7 Å². The lowest BCUT2D eigenvalue weighted by atomic mass is 10.0. The van der Waals surface area contributed by atoms with E-state index in [9.17, 15) is 8.78 Å². The molecular weight excluding hydrogens is 438 g/mol. The summed E-state index contributed by atoms with van der Waals surface area (Å²) < 4.78 is 31.2. The third kappa shape index (κ3) is 4.81. The zero-order chi connectivity index (χ0) is 23.5. The molecule has 0 unspecified atom stereocenters. The minimum absolute atomic E-state index is 0.191. The molecule has 1 saturated heterocycles. The number of aromatic nitrogens is 6. The molecule has 34 heavy (non-hydrogen) atoms. The van der Waals surface area contributed by atoms with Gasteiger partial charge in [0.2, 0.25) is 0 Å². The van der Waals surface area contributed by atoms with Gasteiger partial charge in [-0.15, -0.1) is 5.10 Å². The molecule has 10 heteroatoms. The van der Waals surface area contributed by atoms with Crippen molar-refractivity contribution in [3.8, 4) is 5.69 Å². The van der Waals surface area contributed by atoms with E-state index in [1.807, 2.05) is 15.4 Å². The van der Waals surface area contributed by atoms with Crippen molar-refractivity contribution in [2.45, 2.75) is 32.0 Å². The van der Waals surface area contributed by atoms with E-state index in [1.54, 1.807) is 24.5 Å². The van der Waals surface area contributed by atoms with Gasteiger partial charge in [0, 0.05) is 50.8 Å². The van der Waals surface area contributed by atoms with Crippen LogP contribution in [0.4, 0.5) is 14.5 Å².